The lowest BCUT2D eigenvalue weighted by Gasteiger charge is -2.16. The molecular weight excluding hydrogens is 364 g/mol. The maximum absolute atomic E-state index is 12.1. The van der Waals surface area contributed by atoms with Gasteiger partial charge in [0.05, 0.1) is 18.7 Å². The number of carbonyl (C=O) groups is 2. The highest BCUT2D eigenvalue weighted by Gasteiger charge is 2.12. The Morgan fingerprint density at radius 1 is 1.22 bits per heavy atom. The normalized spacial score (nSPS) is 10.2. The summed E-state index contributed by atoms with van der Waals surface area (Å²) in [5.41, 5.74) is 1.04. The summed E-state index contributed by atoms with van der Waals surface area (Å²) in [5, 5.41) is 2.75. The predicted molar refractivity (Wildman–Crippen MR) is 89.3 cm³/mol. The minimum Gasteiger partial charge on any atom is -0.462 e. The van der Waals surface area contributed by atoms with Crippen molar-refractivity contribution < 1.29 is 18.7 Å². The summed E-state index contributed by atoms with van der Waals surface area (Å²) in [7, 11) is 1.67. The van der Waals surface area contributed by atoms with Gasteiger partial charge in [0.1, 0.15) is 5.76 Å². The van der Waals surface area contributed by atoms with Gasteiger partial charge in [0.2, 0.25) is 0 Å². The Kier molecular flexibility index (Phi) is 5.81. The van der Waals surface area contributed by atoms with Crippen molar-refractivity contribution in [2.24, 2.45) is 0 Å². The van der Waals surface area contributed by atoms with Crippen molar-refractivity contribution in [3.8, 4) is 0 Å². The Morgan fingerprint density at radius 3 is 2.48 bits per heavy atom. The van der Waals surface area contributed by atoms with E-state index in [0.29, 0.717) is 34.8 Å². The number of hydrogen-bond donors (Lipinski definition) is 1. The van der Waals surface area contributed by atoms with Crippen molar-refractivity contribution in [1.82, 2.24) is 4.90 Å². The van der Waals surface area contributed by atoms with Crippen molar-refractivity contribution in [2.75, 3.05) is 19.0 Å². The average Bonchev–Trinajstić information content (AvgIpc) is 2.93. The lowest BCUT2D eigenvalue weighted by atomic mass is 10.2. The van der Waals surface area contributed by atoms with Crippen LogP contribution < -0.4 is 5.32 Å². The lowest BCUT2D eigenvalue weighted by Crippen LogP contribution is -2.30. The summed E-state index contributed by atoms with van der Waals surface area (Å²) in [6, 6.07) is 9.82. The number of furan rings is 1. The van der Waals surface area contributed by atoms with Crippen LogP contribution in [0.1, 0.15) is 23.0 Å². The van der Waals surface area contributed by atoms with Crippen LogP contribution >= 0.6 is 15.9 Å². The Balaban J connectivity index is 1.92. The largest absolute Gasteiger partial charge is 0.462 e. The summed E-state index contributed by atoms with van der Waals surface area (Å²) in [6.07, 6.45) is 0. The molecule has 1 aromatic carbocycles. The second-order valence-corrected chi connectivity index (χ2v) is 5.57. The smallest absolute Gasteiger partial charge is 0.338 e. The topological polar surface area (TPSA) is 71.8 Å². The minimum atomic E-state index is -0.383. The van der Waals surface area contributed by atoms with Gasteiger partial charge in [-0.1, -0.05) is 0 Å². The van der Waals surface area contributed by atoms with Gasteiger partial charge in [-0.2, -0.15) is 0 Å². The Hall–Kier alpha value is -2.28. The zero-order chi connectivity index (χ0) is 16.8. The van der Waals surface area contributed by atoms with Crippen LogP contribution in [-0.2, 0) is 11.3 Å². The second-order valence-electron chi connectivity index (χ2n) is 4.79. The molecule has 1 aromatic heterocycles. The summed E-state index contributed by atoms with van der Waals surface area (Å²) >= 11 is 3.22. The van der Waals surface area contributed by atoms with Crippen molar-refractivity contribution in [2.45, 2.75) is 13.5 Å². The molecule has 2 amide bonds. The van der Waals surface area contributed by atoms with Crippen LogP contribution in [0.15, 0.2) is 45.5 Å². The molecule has 0 bridgehead atoms. The first-order valence-electron chi connectivity index (χ1n) is 7.03. The number of carbonyl (C=O) groups excluding carboxylic acids is 2. The molecule has 1 heterocycles. The molecule has 0 saturated heterocycles. The number of urea groups is 1. The van der Waals surface area contributed by atoms with E-state index in [1.165, 1.54) is 4.90 Å². The van der Waals surface area contributed by atoms with E-state index < -0.39 is 0 Å². The van der Waals surface area contributed by atoms with E-state index in [4.69, 9.17) is 9.15 Å². The van der Waals surface area contributed by atoms with E-state index in [1.807, 2.05) is 0 Å². The number of esters is 1. The summed E-state index contributed by atoms with van der Waals surface area (Å²) in [5.74, 6) is 0.290. The second kappa shape index (κ2) is 7.82. The molecule has 1 N–H and O–H groups in total. The third kappa shape index (κ3) is 4.85. The van der Waals surface area contributed by atoms with E-state index >= 15 is 0 Å². The van der Waals surface area contributed by atoms with E-state index in [2.05, 4.69) is 21.2 Å². The van der Waals surface area contributed by atoms with Crippen molar-refractivity contribution >= 4 is 33.6 Å². The first-order valence-corrected chi connectivity index (χ1v) is 7.82. The molecule has 0 saturated carbocycles. The van der Waals surface area contributed by atoms with Gasteiger partial charge in [-0.15, -0.1) is 0 Å². The molecule has 0 fully saturated rings. The molecule has 2 aromatic rings. The Morgan fingerprint density at radius 2 is 1.91 bits per heavy atom. The summed E-state index contributed by atoms with van der Waals surface area (Å²) in [6.45, 7) is 2.42. The van der Waals surface area contributed by atoms with Gasteiger partial charge < -0.3 is 19.4 Å². The highest BCUT2D eigenvalue weighted by atomic mass is 79.9. The minimum absolute atomic E-state index is 0.276. The first kappa shape index (κ1) is 17.1. The van der Waals surface area contributed by atoms with E-state index in [1.54, 1.807) is 50.4 Å². The molecule has 0 aliphatic carbocycles. The monoisotopic (exact) mass is 380 g/mol. The molecule has 0 atom stereocenters. The van der Waals surface area contributed by atoms with Gasteiger partial charge in [-0.25, -0.2) is 9.59 Å². The highest BCUT2D eigenvalue weighted by molar-refractivity contribution is 9.10. The Labute approximate surface area is 142 Å². The quantitative estimate of drug-likeness (QED) is 0.798. The number of anilines is 1. The highest BCUT2D eigenvalue weighted by Crippen LogP contribution is 2.16. The lowest BCUT2D eigenvalue weighted by molar-refractivity contribution is 0.0526. The SMILES string of the molecule is CCOC(=O)c1ccc(NC(=O)N(C)Cc2ccc(Br)o2)cc1. The van der Waals surface area contributed by atoms with Gasteiger partial charge in [-0.3, -0.25) is 0 Å². The third-order valence-electron chi connectivity index (χ3n) is 3.02. The van der Waals surface area contributed by atoms with Crippen molar-refractivity contribution in [3.63, 3.8) is 0 Å². The van der Waals surface area contributed by atoms with Crippen LogP contribution in [0.5, 0.6) is 0 Å². The van der Waals surface area contributed by atoms with Crippen LogP contribution in [0.25, 0.3) is 0 Å². The maximum atomic E-state index is 12.1. The number of ether oxygens (including phenoxy) is 1. The first-order chi connectivity index (χ1) is 11.0. The van der Waals surface area contributed by atoms with Crippen molar-refractivity contribution in [1.29, 1.82) is 0 Å². The maximum Gasteiger partial charge on any atom is 0.338 e. The number of amides is 2. The molecule has 0 spiro atoms. The molecule has 0 aliphatic rings. The third-order valence-corrected chi connectivity index (χ3v) is 3.44. The van der Waals surface area contributed by atoms with Crippen LogP contribution in [0, 0.1) is 0 Å². The molecule has 0 aliphatic heterocycles. The predicted octanol–water partition coefficient (Wildman–Crippen LogP) is 3.88. The zero-order valence-corrected chi connectivity index (χ0v) is 14.4. The molecule has 0 radical (unpaired) electrons. The number of benzene rings is 1. The van der Waals surface area contributed by atoms with Gasteiger partial charge in [0.15, 0.2) is 4.67 Å². The van der Waals surface area contributed by atoms with Crippen LogP contribution in [0.3, 0.4) is 0 Å². The van der Waals surface area contributed by atoms with Gasteiger partial charge in [0.25, 0.3) is 0 Å². The molecule has 7 heteroatoms. The molecular formula is C16H17BrN2O4. The van der Waals surface area contributed by atoms with Gasteiger partial charge in [0, 0.05) is 12.7 Å². The van der Waals surface area contributed by atoms with Crippen molar-refractivity contribution in [3.05, 3.63) is 52.4 Å². The van der Waals surface area contributed by atoms with E-state index in [0.717, 1.165) is 0 Å². The fourth-order valence-electron chi connectivity index (χ4n) is 1.87. The van der Waals surface area contributed by atoms with Gasteiger partial charge in [-0.05, 0) is 59.3 Å². The number of rotatable bonds is 5. The van der Waals surface area contributed by atoms with Crippen LogP contribution in [0.2, 0.25) is 0 Å². The van der Waals surface area contributed by atoms with Gasteiger partial charge >= 0.3 is 12.0 Å². The molecule has 2 rings (SSSR count). The van der Waals surface area contributed by atoms with E-state index in [-0.39, 0.29) is 12.0 Å². The Bertz CT molecular complexity index is 682. The van der Waals surface area contributed by atoms with E-state index in [9.17, 15) is 9.59 Å². The number of nitrogens with one attached hydrogen (secondary N) is 1. The molecule has 6 nitrogen and oxygen atoms in total. The fraction of sp³-hybridized carbons (Fsp3) is 0.250. The number of nitrogens with zero attached hydrogens (tertiary/aromatic N) is 1. The average molecular weight is 381 g/mol. The number of halogens is 1. The standard InChI is InChI=1S/C16H17BrN2O4/c1-3-22-15(20)11-4-6-12(7-5-11)18-16(21)19(2)10-13-8-9-14(17)23-13/h4-9H,3,10H2,1-2H3,(H,18,21). The van der Waals surface area contributed by atoms with Crippen LogP contribution in [-0.4, -0.2) is 30.6 Å². The summed E-state index contributed by atoms with van der Waals surface area (Å²) in [4.78, 5) is 25.2. The molecule has 122 valence electrons. The fourth-order valence-corrected chi connectivity index (χ4v) is 2.21. The molecule has 23 heavy (non-hydrogen) atoms. The number of hydrogen-bond acceptors (Lipinski definition) is 4. The molecule has 0 unspecified atom stereocenters. The van der Waals surface area contributed by atoms with Crippen LogP contribution in [0.4, 0.5) is 10.5 Å². The summed E-state index contributed by atoms with van der Waals surface area (Å²) < 4.78 is 10.9. The zero-order valence-electron chi connectivity index (χ0n) is 12.8.